The third kappa shape index (κ3) is 2.41. The smallest absolute Gasteiger partial charge is 0.258 e. The van der Waals surface area contributed by atoms with Crippen molar-refractivity contribution in [1.82, 2.24) is 10.2 Å². The first-order valence-corrected chi connectivity index (χ1v) is 7.24. The molecule has 2 aliphatic heterocycles. The average Bonchev–Trinajstić information content (AvgIpc) is 3.02. The Kier molecular flexibility index (Phi) is 3.68. The van der Waals surface area contributed by atoms with Gasteiger partial charge in [0.15, 0.2) is 5.75 Å². The van der Waals surface area contributed by atoms with E-state index in [1.807, 2.05) is 12.1 Å². The normalized spacial score (nSPS) is 20.2. The predicted molar refractivity (Wildman–Crippen MR) is 78.6 cm³/mol. The molecule has 2 N–H and O–H groups in total. The van der Waals surface area contributed by atoms with Crippen molar-refractivity contribution in [3.05, 3.63) is 23.8 Å². The number of likely N-dealkylation sites (N-methyl/N-ethyl adjacent to an activating group) is 1. The van der Waals surface area contributed by atoms with Gasteiger partial charge in [0.2, 0.25) is 5.91 Å². The lowest BCUT2D eigenvalue weighted by Crippen LogP contribution is -2.45. The number of hydrogen-bond acceptors (Lipinski definition) is 4. The highest BCUT2D eigenvalue weighted by molar-refractivity contribution is 6.01. The molecule has 0 aromatic heterocycles. The van der Waals surface area contributed by atoms with Crippen molar-refractivity contribution in [3.63, 3.8) is 0 Å². The van der Waals surface area contributed by atoms with Gasteiger partial charge >= 0.3 is 0 Å². The summed E-state index contributed by atoms with van der Waals surface area (Å²) in [4.78, 5) is 26.3. The van der Waals surface area contributed by atoms with Crippen LogP contribution in [0.2, 0.25) is 0 Å². The molecule has 1 unspecified atom stereocenters. The molecular weight excluding hydrogens is 270 g/mol. The maximum Gasteiger partial charge on any atom is 0.258 e. The number of likely N-dealkylation sites (tertiary alicyclic amines) is 1. The van der Waals surface area contributed by atoms with Crippen molar-refractivity contribution in [2.24, 2.45) is 0 Å². The number of nitrogens with zero attached hydrogens (tertiary/aromatic N) is 1. The Morgan fingerprint density at radius 2 is 2.29 bits per heavy atom. The van der Waals surface area contributed by atoms with E-state index in [2.05, 4.69) is 10.6 Å². The molecular formula is C15H19N3O3. The number of benzene rings is 1. The van der Waals surface area contributed by atoms with Gasteiger partial charge in [-0.3, -0.25) is 9.59 Å². The van der Waals surface area contributed by atoms with Gasteiger partial charge in [0, 0.05) is 20.1 Å². The van der Waals surface area contributed by atoms with Gasteiger partial charge in [0.25, 0.3) is 5.91 Å². The fourth-order valence-corrected chi connectivity index (χ4v) is 2.94. The second kappa shape index (κ2) is 5.63. The molecule has 3 rings (SSSR count). The minimum absolute atomic E-state index is 0.107. The third-order valence-electron chi connectivity index (χ3n) is 3.97. The van der Waals surface area contributed by atoms with Crippen molar-refractivity contribution in [2.45, 2.75) is 18.9 Å². The van der Waals surface area contributed by atoms with Gasteiger partial charge in [-0.25, -0.2) is 0 Å². The Morgan fingerprint density at radius 1 is 1.43 bits per heavy atom. The van der Waals surface area contributed by atoms with Crippen LogP contribution in [0.25, 0.3) is 0 Å². The summed E-state index contributed by atoms with van der Waals surface area (Å²) in [5.41, 5.74) is 1.36. The second-order valence-electron chi connectivity index (χ2n) is 5.23. The molecule has 0 spiro atoms. The molecule has 1 fully saturated rings. The summed E-state index contributed by atoms with van der Waals surface area (Å²) in [6.07, 6.45) is 1.55. The molecule has 0 bridgehead atoms. The standard InChI is InChI=1S/C15H19N3O3/c1-16-14(19)12-6-3-8-18(12)15(20)10-4-2-5-11-13(10)21-9-7-17-11/h2,4-5,12,17H,3,6-9H2,1H3,(H,16,19). The maximum atomic E-state index is 12.8. The van der Waals surface area contributed by atoms with Crippen LogP contribution in [0.3, 0.4) is 0 Å². The van der Waals surface area contributed by atoms with Crippen LogP contribution in [0.5, 0.6) is 5.75 Å². The van der Waals surface area contributed by atoms with Gasteiger partial charge in [-0.05, 0) is 25.0 Å². The number of fused-ring (bicyclic) bond motifs is 1. The zero-order valence-electron chi connectivity index (χ0n) is 12.0. The number of hydrogen-bond donors (Lipinski definition) is 2. The van der Waals surface area contributed by atoms with E-state index in [9.17, 15) is 9.59 Å². The largest absolute Gasteiger partial charge is 0.489 e. The van der Waals surface area contributed by atoms with Crippen molar-refractivity contribution in [1.29, 1.82) is 0 Å². The Balaban J connectivity index is 1.90. The number of carbonyl (C=O) groups is 2. The van der Waals surface area contributed by atoms with Gasteiger partial charge in [-0.2, -0.15) is 0 Å². The highest BCUT2D eigenvalue weighted by atomic mass is 16.5. The first-order chi connectivity index (χ1) is 10.2. The molecule has 112 valence electrons. The quantitative estimate of drug-likeness (QED) is 0.846. The summed E-state index contributed by atoms with van der Waals surface area (Å²) < 4.78 is 5.65. The van der Waals surface area contributed by atoms with Crippen LogP contribution >= 0.6 is 0 Å². The molecule has 0 saturated carbocycles. The van der Waals surface area contributed by atoms with Crippen LogP contribution in [0.1, 0.15) is 23.2 Å². The summed E-state index contributed by atoms with van der Waals surface area (Å²) in [5.74, 6) is 0.350. The highest BCUT2D eigenvalue weighted by Crippen LogP contribution is 2.33. The molecule has 0 radical (unpaired) electrons. The lowest BCUT2D eigenvalue weighted by Gasteiger charge is -2.26. The molecule has 2 aliphatic rings. The number of nitrogens with one attached hydrogen (secondary N) is 2. The van der Waals surface area contributed by atoms with Gasteiger partial charge in [-0.15, -0.1) is 0 Å². The fraction of sp³-hybridized carbons (Fsp3) is 0.467. The minimum Gasteiger partial charge on any atom is -0.489 e. The van der Waals surface area contributed by atoms with Crippen LogP contribution in [0.4, 0.5) is 5.69 Å². The van der Waals surface area contributed by atoms with E-state index in [1.54, 1.807) is 18.0 Å². The van der Waals surface area contributed by atoms with Crippen LogP contribution in [0, 0.1) is 0 Å². The number of amides is 2. The molecule has 1 saturated heterocycles. The van der Waals surface area contributed by atoms with Crippen LogP contribution in [-0.4, -0.2) is 49.5 Å². The first kappa shape index (κ1) is 13.7. The van der Waals surface area contributed by atoms with E-state index >= 15 is 0 Å². The zero-order valence-corrected chi connectivity index (χ0v) is 12.0. The molecule has 6 nitrogen and oxygen atoms in total. The van der Waals surface area contributed by atoms with Crippen LogP contribution in [-0.2, 0) is 4.79 Å². The third-order valence-corrected chi connectivity index (χ3v) is 3.97. The number of anilines is 1. The highest BCUT2D eigenvalue weighted by Gasteiger charge is 2.35. The summed E-state index contributed by atoms with van der Waals surface area (Å²) in [7, 11) is 1.60. The summed E-state index contributed by atoms with van der Waals surface area (Å²) in [6.45, 7) is 1.87. The minimum atomic E-state index is -0.380. The SMILES string of the molecule is CNC(=O)C1CCCN1C(=O)c1cccc2c1OCCN2. The van der Waals surface area contributed by atoms with E-state index in [0.717, 1.165) is 18.7 Å². The van der Waals surface area contributed by atoms with E-state index in [1.165, 1.54) is 0 Å². The topological polar surface area (TPSA) is 70.7 Å². The number of rotatable bonds is 2. The molecule has 1 atom stereocenters. The predicted octanol–water partition coefficient (Wildman–Crippen LogP) is 0.841. The molecule has 6 heteroatoms. The molecule has 2 heterocycles. The average molecular weight is 289 g/mol. The van der Waals surface area contributed by atoms with Gasteiger partial charge < -0.3 is 20.3 Å². The van der Waals surface area contributed by atoms with E-state index in [0.29, 0.717) is 30.9 Å². The monoisotopic (exact) mass is 289 g/mol. The van der Waals surface area contributed by atoms with Crippen molar-refractivity contribution >= 4 is 17.5 Å². The number of ether oxygens (including phenoxy) is 1. The zero-order chi connectivity index (χ0) is 14.8. The van der Waals surface area contributed by atoms with Crippen LogP contribution in [0.15, 0.2) is 18.2 Å². The molecule has 1 aromatic rings. The van der Waals surface area contributed by atoms with E-state index in [-0.39, 0.29) is 17.9 Å². The van der Waals surface area contributed by atoms with Crippen LogP contribution < -0.4 is 15.4 Å². The van der Waals surface area contributed by atoms with Crippen molar-refractivity contribution in [2.75, 3.05) is 32.1 Å². The van der Waals surface area contributed by atoms with Gasteiger partial charge in [-0.1, -0.05) is 6.07 Å². The fourth-order valence-electron chi connectivity index (χ4n) is 2.94. The lowest BCUT2D eigenvalue weighted by atomic mass is 10.1. The van der Waals surface area contributed by atoms with Crippen molar-refractivity contribution in [3.8, 4) is 5.75 Å². The molecule has 2 amide bonds. The Hall–Kier alpha value is -2.24. The van der Waals surface area contributed by atoms with E-state index < -0.39 is 0 Å². The first-order valence-electron chi connectivity index (χ1n) is 7.24. The van der Waals surface area contributed by atoms with Gasteiger partial charge in [0.05, 0.1) is 11.3 Å². The molecule has 21 heavy (non-hydrogen) atoms. The summed E-state index contributed by atoms with van der Waals surface area (Å²) in [6, 6.07) is 5.10. The Labute approximate surface area is 123 Å². The van der Waals surface area contributed by atoms with Crippen molar-refractivity contribution < 1.29 is 14.3 Å². The molecule has 1 aromatic carbocycles. The number of para-hydroxylation sites is 1. The summed E-state index contributed by atoms with van der Waals surface area (Å²) >= 11 is 0. The maximum absolute atomic E-state index is 12.8. The summed E-state index contributed by atoms with van der Waals surface area (Å²) in [5, 5.41) is 5.85. The Bertz CT molecular complexity index is 573. The second-order valence-corrected chi connectivity index (χ2v) is 5.23. The number of carbonyl (C=O) groups excluding carboxylic acids is 2. The molecule has 0 aliphatic carbocycles. The lowest BCUT2D eigenvalue weighted by molar-refractivity contribution is -0.124. The van der Waals surface area contributed by atoms with E-state index in [4.69, 9.17) is 4.74 Å². The van der Waals surface area contributed by atoms with Gasteiger partial charge in [0.1, 0.15) is 12.6 Å². The Morgan fingerprint density at radius 3 is 3.10 bits per heavy atom.